The van der Waals surface area contributed by atoms with E-state index in [1.54, 1.807) is 13.0 Å². The van der Waals surface area contributed by atoms with Crippen molar-refractivity contribution in [1.82, 2.24) is 4.90 Å². The minimum absolute atomic E-state index is 0.00554. The lowest BCUT2D eigenvalue weighted by Gasteiger charge is -2.32. The summed E-state index contributed by atoms with van der Waals surface area (Å²) in [5.74, 6) is -1.11. The Kier molecular flexibility index (Phi) is 3.20. The van der Waals surface area contributed by atoms with E-state index in [9.17, 15) is 14.0 Å². The topological polar surface area (TPSA) is 58.6 Å². The Bertz CT molecular complexity index is 692. The lowest BCUT2D eigenvalue weighted by atomic mass is 9.84. The number of nitrogens with one attached hydrogen (secondary N) is 1. The van der Waals surface area contributed by atoms with Crippen LogP contribution < -0.4 is 5.32 Å². The first-order valence-corrected chi connectivity index (χ1v) is 8.13. The maximum Gasteiger partial charge on any atom is 0.310 e. The van der Waals surface area contributed by atoms with Gasteiger partial charge in [0.05, 0.1) is 12.5 Å². The van der Waals surface area contributed by atoms with Crippen LogP contribution >= 0.6 is 0 Å². The highest BCUT2D eigenvalue weighted by Gasteiger charge is 2.63. The molecule has 1 spiro atoms. The fourth-order valence-corrected chi connectivity index (χ4v) is 4.55. The van der Waals surface area contributed by atoms with Gasteiger partial charge in [-0.2, -0.15) is 0 Å². The van der Waals surface area contributed by atoms with E-state index in [0.717, 1.165) is 19.4 Å². The Morgan fingerprint density at radius 1 is 1.52 bits per heavy atom. The highest BCUT2D eigenvalue weighted by atomic mass is 19.1. The summed E-state index contributed by atoms with van der Waals surface area (Å²) in [6.07, 6.45) is 2.15. The number of anilines is 1. The summed E-state index contributed by atoms with van der Waals surface area (Å²) >= 11 is 0. The van der Waals surface area contributed by atoms with E-state index in [1.807, 2.05) is 0 Å². The highest BCUT2D eigenvalue weighted by molar-refractivity contribution is 6.06. The van der Waals surface area contributed by atoms with E-state index >= 15 is 0 Å². The average Bonchev–Trinajstić information content (AvgIpc) is 3.16. The van der Waals surface area contributed by atoms with Crippen molar-refractivity contribution in [2.24, 2.45) is 5.92 Å². The molecular weight excluding hydrogens is 299 g/mol. The number of carbonyl (C=O) groups excluding carboxylic acids is 2. The van der Waals surface area contributed by atoms with Gasteiger partial charge in [-0.05, 0) is 50.9 Å². The Morgan fingerprint density at radius 2 is 2.35 bits per heavy atom. The van der Waals surface area contributed by atoms with Gasteiger partial charge in [-0.1, -0.05) is 0 Å². The van der Waals surface area contributed by atoms with Crippen LogP contribution in [0.25, 0.3) is 0 Å². The van der Waals surface area contributed by atoms with Crippen LogP contribution in [0.5, 0.6) is 0 Å². The van der Waals surface area contributed by atoms with Crippen molar-refractivity contribution in [2.75, 3.05) is 18.5 Å². The Morgan fingerprint density at radius 3 is 3.13 bits per heavy atom. The number of hydrogen-bond donors (Lipinski definition) is 1. The number of hydrogen-bond acceptors (Lipinski definition) is 4. The lowest BCUT2D eigenvalue weighted by molar-refractivity contribution is -0.148. The van der Waals surface area contributed by atoms with E-state index in [4.69, 9.17) is 4.74 Å². The molecule has 3 atom stereocenters. The predicted octanol–water partition coefficient (Wildman–Crippen LogP) is 2.02. The zero-order chi connectivity index (χ0) is 16.2. The van der Waals surface area contributed by atoms with Crippen molar-refractivity contribution in [3.8, 4) is 0 Å². The second kappa shape index (κ2) is 5.03. The summed E-state index contributed by atoms with van der Waals surface area (Å²) < 4.78 is 19.0. The third kappa shape index (κ3) is 1.87. The maximum atomic E-state index is 13.8. The normalized spacial score (nSPS) is 32.0. The van der Waals surface area contributed by atoms with Gasteiger partial charge in [0.25, 0.3) is 0 Å². The van der Waals surface area contributed by atoms with Crippen molar-refractivity contribution < 1.29 is 18.7 Å². The summed E-state index contributed by atoms with van der Waals surface area (Å²) in [4.78, 5) is 27.3. The zero-order valence-corrected chi connectivity index (χ0v) is 13.0. The molecule has 0 aromatic heterocycles. The van der Waals surface area contributed by atoms with E-state index in [2.05, 4.69) is 10.2 Å². The second-order valence-electron chi connectivity index (χ2n) is 6.47. The van der Waals surface area contributed by atoms with Crippen molar-refractivity contribution in [2.45, 2.75) is 37.8 Å². The molecule has 3 heterocycles. The number of nitrogens with zero attached hydrogens (tertiary/aromatic N) is 1. The van der Waals surface area contributed by atoms with Gasteiger partial charge < -0.3 is 10.1 Å². The van der Waals surface area contributed by atoms with Crippen LogP contribution in [0.4, 0.5) is 10.1 Å². The Labute approximate surface area is 133 Å². The quantitative estimate of drug-likeness (QED) is 0.848. The number of esters is 1. The van der Waals surface area contributed by atoms with Crippen LogP contribution in [0, 0.1) is 11.7 Å². The minimum Gasteiger partial charge on any atom is -0.466 e. The molecule has 3 aliphatic heterocycles. The van der Waals surface area contributed by atoms with E-state index in [-0.39, 0.29) is 29.7 Å². The smallest absolute Gasteiger partial charge is 0.310 e. The molecule has 0 unspecified atom stereocenters. The molecule has 1 amide bonds. The van der Waals surface area contributed by atoms with Crippen LogP contribution in [-0.4, -0.2) is 36.0 Å². The van der Waals surface area contributed by atoms with Gasteiger partial charge in [-0.3, -0.25) is 14.5 Å². The number of ether oxygens (including phenoxy) is 1. The molecule has 0 saturated carbocycles. The van der Waals surface area contributed by atoms with Crippen LogP contribution in [0.3, 0.4) is 0 Å². The fourth-order valence-electron chi connectivity index (χ4n) is 4.55. The molecule has 6 heteroatoms. The number of halogens is 1. The van der Waals surface area contributed by atoms with Gasteiger partial charge in [0.1, 0.15) is 11.4 Å². The average molecular weight is 318 g/mol. The SMILES string of the molecule is CCOC(=O)[C@H]1C[C@@]2(C(=O)Nc3ccc(F)cc32)N2CCC[C@@H]12. The Hall–Kier alpha value is -1.95. The van der Waals surface area contributed by atoms with Gasteiger partial charge in [0.2, 0.25) is 5.91 Å². The van der Waals surface area contributed by atoms with Gasteiger partial charge in [0.15, 0.2) is 0 Å². The van der Waals surface area contributed by atoms with Crippen LogP contribution in [0.1, 0.15) is 31.7 Å². The third-order valence-corrected chi connectivity index (χ3v) is 5.41. The molecule has 1 N–H and O–H groups in total. The molecular formula is C17H19FN2O3. The molecule has 0 bridgehead atoms. The summed E-state index contributed by atoms with van der Waals surface area (Å²) in [5, 5.41) is 2.86. The molecule has 2 fully saturated rings. The fraction of sp³-hybridized carbons (Fsp3) is 0.529. The predicted molar refractivity (Wildman–Crippen MR) is 81.2 cm³/mol. The van der Waals surface area contributed by atoms with Gasteiger partial charge in [-0.15, -0.1) is 0 Å². The first-order chi connectivity index (χ1) is 11.1. The van der Waals surface area contributed by atoms with Crippen molar-refractivity contribution in [3.63, 3.8) is 0 Å². The van der Waals surface area contributed by atoms with Crippen molar-refractivity contribution >= 4 is 17.6 Å². The lowest BCUT2D eigenvalue weighted by Crippen LogP contribution is -2.47. The largest absolute Gasteiger partial charge is 0.466 e. The molecule has 122 valence electrons. The van der Waals surface area contributed by atoms with Gasteiger partial charge in [-0.25, -0.2) is 4.39 Å². The van der Waals surface area contributed by atoms with Crippen LogP contribution in [0.15, 0.2) is 18.2 Å². The molecule has 2 saturated heterocycles. The second-order valence-corrected chi connectivity index (χ2v) is 6.47. The molecule has 1 aromatic carbocycles. The standard InChI is InChI=1S/C17H19FN2O3/c1-2-23-15(21)11-9-17(20-7-3-4-14(11)20)12-8-10(18)5-6-13(12)19-16(17)22/h5-6,8,11,14H,2-4,7,9H2,1H3,(H,19,22)/t11-,14-,17+/m0/s1. The molecule has 4 rings (SSSR count). The molecule has 0 radical (unpaired) electrons. The number of carbonyl (C=O) groups is 2. The highest BCUT2D eigenvalue weighted by Crippen LogP contribution is 2.54. The first kappa shape index (κ1) is 14.6. The third-order valence-electron chi connectivity index (χ3n) is 5.41. The number of fused-ring (bicyclic) bond motifs is 4. The monoisotopic (exact) mass is 318 g/mol. The van der Waals surface area contributed by atoms with Gasteiger partial charge >= 0.3 is 5.97 Å². The van der Waals surface area contributed by atoms with Gasteiger partial charge in [0, 0.05) is 17.3 Å². The summed E-state index contributed by atoms with van der Waals surface area (Å²) in [6, 6.07) is 4.36. The zero-order valence-electron chi connectivity index (χ0n) is 13.0. The number of amides is 1. The summed E-state index contributed by atoms with van der Waals surface area (Å²) in [6.45, 7) is 2.85. The molecule has 1 aromatic rings. The van der Waals surface area contributed by atoms with E-state index in [0.29, 0.717) is 24.3 Å². The molecule has 5 nitrogen and oxygen atoms in total. The molecule has 3 aliphatic rings. The van der Waals surface area contributed by atoms with Crippen molar-refractivity contribution in [3.05, 3.63) is 29.6 Å². The maximum absolute atomic E-state index is 13.8. The molecule has 0 aliphatic carbocycles. The minimum atomic E-state index is -0.934. The van der Waals surface area contributed by atoms with Crippen LogP contribution in [-0.2, 0) is 19.9 Å². The Balaban J connectivity index is 1.81. The van der Waals surface area contributed by atoms with E-state index in [1.165, 1.54) is 12.1 Å². The molecule has 23 heavy (non-hydrogen) atoms. The van der Waals surface area contributed by atoms with Crippen LogP contribution in [0.2, 0.25) is 0 Å². The summed E-state index contributed by atoms with van der Waals surface area (Å²) in [7, 11) is 0. The summed E-state index contributed by atoms with van der Waals surface area (Å²) in [5.41, 5.74) is 0.364. The van der Waals surface area contributed by atoms with Crippen molar-refractivity contribution in [1.29, 1.82) is 0 Å². The number of rotatable bonds is 2. The number of benzene rings is 1. The van der Waals surface area contributed by atoms with E-state index < -0.39 is 5.54 Å². The first-order valence-electron chi connectivity index (χ1n) is 8.13.